The maximum absolute atomic E-state index is 13.6. The Hall–Kier alpha value is -6.09. The maximum atomic E-state index is 13.6. The van der Waals surface area contributed by atoms with Crippen LogP contribution in [-0.2, 0) is 49.2 Å². The van der Waals surface area contributed by atoms with Gasteiger partial charge < -0.3 is 39.6 Å². The Bertz CT molecular complexity index is 2380. The van der Waals surface area contributed by atoms with Gasteiger partial charge >= 0.3 is 12.4 Å². The third kappa shape index (κ3) is 18.9. The minimum Gasteiger partial charge on any atom is -0.379 e. The Labute approximate surface area is 437 Å². The lowest BCUT2D eigenvalue weighted by atomic mass is 9.94. The predicted octanol–water partition coefficient (Wildman–Crippen LogP) is 9.92. The molecule has 1 unspecified atom stereocenters. The average Bonchev–Trinajstić information content (AvgIpc) is 3.40. The highest BCUT2D eigenvalue weighted by atomic mass is 19.4. The molecule has 410 valence electrons. The van der Waals surface area contributed by atoms with Gasteiger partial charge in [-0.3, -0.25) is 19.4 Å². The van der Waals surface area contributed by atoms with Gasteiger partial charge in [0.05, 0.1) is 48.4 Å². The number of aryl methyl sites for hydroxylation is 2. The molecule has 2 aliphatic rings. The number of alkyl halides is 6. The van der Waals surface area contributed by atoms with Crippen molar-refractivity contribution in [3.63, 3.8) is 0 Å². The smallest absolute Gasteiger partial charge is 0.379 e. The van der Waals surface area contributed by atoms with E-state index >= 15 is 0 Å². The van der Waals surface area contributed by atoms with Crippen LogP contribution in [0.2, 0.25) is 0 Å². The number of piperazine rings is 1. The van der Waals surface area contributed by atoms with E-state index in [1.165, 1.54) is 11.8 Å². The number of benzene rings is 3. The summed E-state index contributed by atoms with van der Waals surface area (Å²) in [5.74, 6) is 0.411. The van der Waals surface area contributed by atoms with Gasteiger partial charge in [0.15, 0.2) is 0 Å². The van der Waals surface area contributed by atoms with Gasteiger partial charge in [-0.2, -0.15) is 31.3 Å². The van der Waals surface area contributed by atoms with Crippen molar-refractivity contribution in [2.45, 2.75) is 103 Å². The summed E-state index contributed by atoms with van der Waals surface area (Å²) in [6.07, 6.45) is 6.10. The highest BCUT2D eigenvalue weighted by Crippen LogP contribution is 2.39. The molecule has 2 fully saturated rings. The summed E-state index contributed by atoms with van der Waals surface area (Å²) in [6.45, 7) is 11.6. The number of carbonyl (C=O) groups is 3. The van der Waals surface area contributed by atoms with Gasteiger partial charge in [-0.25, -0.2) is 4.98 Å². The third-order valence-corrected chi connectivity index (χ3v) is 13.3. The Morgan fingerprint density at radius 2 is 1.43 bits per heavy atom. The van der Waals surface area contributed by atoms with Crippen LogP contribution in [0.15, 0.2) is 73.1 Å². The van der Waals surface area contributed by atoms with Crippen molar-refractivity contribution in [3.05, 3.63) is 106 Å². The number of hydrogen-bond acceptors (Lipinski definition) is 12. The van der Waals surface area contributed by atoms with Crippen molar-refractivity contribution in [3.8, 4) is 0 Å². The van der Waals surface area contributed by atoms with Crippen LogP contribution in [0.4, 0.5) is 55.2 Å². The number of rotatable bonds is 26. The van der Waals surface area contributed by atoms with E-state index in [1.54, 1.807) is 19.0 Å². The summed E-state index contributed by atoms with van der Waals surface area (Å²) in [6, 6.07) is 15.6. The fraction of sp³-hybridized carbons (Fsp3) is 0.509. The molecule has 0 radical (unpaired) electrons. The quantitative estimate of drug-likeness (QED) is 0.0352. The second-order valence-electron chi connectivity index (χ2n) is 18.9. The van der Waals surface area contributed by atoms with E-state index in [2.05, 4.69) is 59.6 Å². The first-order valence-electron chi connectivity index (χ1n) is 25.6. The lowest BCUT2D eigenvalue weighted by Crippen LogP contribution is -2.46. The molecule has 20 heteroatoms. The van der Waals surface area contributed by atoms with E-state index < -0.39 is 29.2 Å². The van der Waals surface area contributed by atoms with Crippen LogP contribution >= 0.6 is 0 Å². The number of nitrogens with one attached hydrogen (secondary N) is 2. The van der Waals surface area contributed by atoms with Gasteiger partial charge in [0.2, 0.25) is 18.8 Å². The van der Waals surface area contributed by atoms with Gasteiger partial charge in [0.1, 0.15) is 12.1 Å². The second-order valence-corrected chi connectivity index (χ2v) is 18.9. The number of ether oxygens (including phenoxy) is 2. The van der Waals surface area contributed by atoms with Crippen LogP contribution in [-0.4, -0.2) is 131 Å². The summed E-state index contributed by atoms with van der Waals surface area (Å²) in [7, 11) is 5.17. The molecule has 2 amide bonds. The molecule has 3 aromatic carbocycles. The van der Waals surface area contributed by atoms with Gasteiger partial charge in [0.25, 0.3) is 0 Å². The van der Waals surface area contributed by atoms with Crippen LogP contribution in [0.1, 0.15) is 91.7 Å². The fourth-order valence-corrected chi connectivity index (χ4v) is 9.05. The van der Waals surface area contributed by atoms with Crippen LogP contribution < -0.4 is 25.3 Å². The van der Waals surface area contributed by atoms with Crippen molar-refractivity contribution in [1.82, 2.24) is 25.1 Å². The number of nitrogens with zero attached hydrogens (tertiary/aromatic N) is 7. The topological polar surface area (TPSA) is 136 Å². The normalized spacial score (nSPS) is 15.2. The summed E-state index contributed by atoms with van der Waals surface area (Å²) in [5.41, 5.74) is 2.32. The van der Waals surface area contributed by atoms with E-state index in [0.717, 1.165) is 132 Å². The number of hydrogen-bond donors (Lipinski definition) is 2. The van der Waals surface area contributed by atoms with Gasteiger partial charge in [0, 0.05) is 96.7 Å². The number of likely N-dealkylation sites (N-methyl/N-ethyl adjacent to an activating group) is 1. The van der Waals surface area contributed by atoms with Gasteiger partial charge in [-0.1, -0.05) is 62.9 Å². The summed E-state index contributed by atoms with van der Waals surface area (Å²) in [4.78, 5) is 51.7. The second kappa shape index (κ2) is 29.9. The average molecular weight is 1050 g/mol. The fourth-order valence-electron chi connectivity index (χ4n) is 9.05. The third-order valence-electron chi connectivity index (χ3n) is 13.3. The largest absolute Gasteiger partial charge is 0.416 e. The maximum Gasteiger partial charge on any atom is 0.416 e. The standard InChI is InChI=1S/C53H68F6N8O4.C2H5NO/c1-5-10-47(37-68)64(4)48-19-18-41(31-49(48)63(3)38-69)11-9-27-70-29-30-71-28-26-65-22-24-66(25-23-65)36-42-16-14-40(15-17-42)20-21-67(46-12-7-6-8-13-46)50-39(2)35-60-51(62-50)61-45-33-43(52(54,55)56)32-44(34-45)53(57,58)59;1-3-2-4/h14-21,31-35,37-38,46-47H,5-13,22-30,36H2,1-4H3,(H,60,61,62);2H,1H3,(H,3,4)/b21-20+;. The molecular formula is C55H73F6N9O5. The Morgan fingerprint density at radius 3 is 2.03 bits per heavy atom. The molecule has 0 spiro atoms. The molecule has 1 saturated carbocycles. The first-order valence-corrected chi connectivity index (χ1v) is 25.6. The van der Waals surface area contributed by atoms with Crippen LogP contribution in [0.3, 0.4) is 0 Å². The molecular weight excluding hydrogens is 981 g/mol. The molecule has 2 heterocycles. The molecule has 1 atom stereocenters. The zero-order valence-corrected chi connectivity index (χ0v) is 43.8. The van der Waals surface area contributed by atoms with Crippen molar-refractivity contribution < 1.29 is 50.2 Å². The number of carbonyl (C=O) groups excluding carboxylic acids is 3. The highest BCUT2D eigenvalue weighted by molar-refractivity contribution is 5.85. The first kappa shape index (κ1) is 59.8. The molecule has 1 aliphatic heterocycles. The molecule has 2 N–H and O–H groups in total. The number of halogens is 6. The molecule has 6 rings (SSSR count). The number of aldehydes is 1. The van der Waals surface area contributed by atoms with E-state index in [9.17, 15) is 35.9 Å². The Kier molecular flexibility index (Phi) is 23.8. The molecule has 1 saturated heterocycles. The highest BCUT2D eigenvalue weighted by Gasteiger charge is 2.37. The molecule has 1 aromatic heterocycles. The minimum atomic E-state index is -4.98. The summed E-state index contributed by atoms with van der Waals surface area (Å²) >= 11 is 0. The predicted molar refractivity (Wildman–Crippen MR) is 282 cm³/mol. The Morgan fingerprint density at radius 1 is 0.800 bits per heavy atom. The van der Waals surface area contributed by atoms with E-state index in [4.69, 9.17) is 14.3 Å². The van der Waals surface area contributed by atoms with E-state index in [0.29, 0.717) is 56.4 Å². The van der Waals surface area contributed by atoms with Crippen molar-refractivity contribution >= 4 is 54.0 Å². The number of anilines is 5. The number of amides is 2. The molecule has 1 aliphatic carbocycles. The van der Waals surface area contributed by atoms with E-state index in [-0.39, 0.29) is 24.1 Å². The van der Waals surface area contributed by atoms with Crippen LogP contribution in [0.5, 0.6) is 0 Å². The molecule has 75 heavy (non-hydrogen) atoms. The molecule has 0 bridgehead atoms. The molecule has 4 aromatic rings. The Balaban J connectivity index is 0.00000251. The van der Waals surface area contributed by atoms with Gasteiger partial charge in [-0.05, 0) is 92.1 Å². The molecule has 14 nitrogen and oxygen atoms in total. The van der Waals surface area contributed by atoms with Crippen LogP contribution in [0.25, 0.3) is 6.08 Å². The zero-order chi connectivity index (χ0) is 54.4. The summed E-state index contributed by atoms with van der Waals surface area (Å²) < 4.78 is 93.2. The lowest BCUT2D eigenvalue weighted by Gasteiger charge is -2.34. The van der Waals surface area contributed by atoms with Crippen molar-refractivity contribution in [2.24, 2.45) is 0 Å². The zero-order valence-electron chi connectivity index (χ0n) is 43.8. The first-order chi connectivity index (χ1) is 36.0. The number of aromatic nitrogens is 2. The van der Waals surface area contributed by atoms with Crippen molar-refractivity contribution in [1.29, 1.82) is 0 Å². The SMILES string of the molecule is CCCC(C=O)N(C)c1ccc(CCCOCCOCCN2CCN(Cc3ccc(/C=C/N(c4nc(Nc5cc(C(F)(F)F)cc(C(F)(F)F)c5)ncc4C)C4CCCCC4)cc3)CC2)cc1N(C)C=O.CNC=O. The van der Waals surface area contributed by atoms with Crippen LogP contribution in [0, 0.1) is 6.92 Å². The van der Waals surface area contributed by atoms with E-state index in [1.807, 2.05) is 56.3 Å². The lowest BCUT2D eigenvalue weighted by molar-refractivity contribution is -0.143. The van der Waals surface area contributed by atoms with Gasteiger partial charge in [-0.15, -0.1) is 0 Å². The monoisotopic (exact) mass is 1050 g/mol. The minimum absolute atomic E-state index is 0.0936. The van der Waals surface area contributed by atoms with Crippen molar-refractivity contribution in [2.75, 3.05) is 100 Å². The summed E-state index contributed by atoms with van der Waals surface area (Å²) in [5, 5.41) is 4.85.